The maximum absolute atomic E-state index is 13.4. The monoisotopic (exact) mass is 456 g/mol. The molecule has 0 unspecified atom stereocenters. The van der Waals surface area contributed by atoms with Crippen LogP contribution in [0.15, 0.2) is 84.9 Å². The van der Waals surface area contributed by atoms with Crippen molar-refractivity contribution in [1.29, 1.82) is 0 Å². The molecule has 31 heavy (non-hydrogen) atoms. The van der Waals surface area contributed by atoms with Crippen molar-refractivity contribution in [3.8, 4) is 0 Å². The molecule has 0 spiro atoms. The van der Waals surface area contributed by atoms with E-state index < -0.39 is 22.1 Å². The van der Waals surface area contributed by atoms with Crippen LogP contribution in [-0.4, -0.2) is 26.6 Å². The molecular weight excluding hydrogens is 432 g/mol. The molecule has 0 aromatic heterocycles. The molecule has 1 atom stereocenters. The number of nitrogens with one attached hydrogen (secondary N) is 1. The van der Waals surface area contributed by atoms with Gasteiger partial charge in [0.2, 0.25) is 15.9 Å². The zero-order valence-corrected chi connectivity index (χ0v) is 19.0. The number of nitrogens with zero attached hydrogens (tertiary/aromatic N) is 1. The Bertz CT molecular complexity index is 1080. The third-order valence-corrected chi connectivity index (χ3v) is 6.36. The molecule has 7 heteroatoms. The quantitative estimate of drug-likeness (QED) is 0.530. The first kappa shape index (κ1) is 22.8. The number of carbonyl (C=O) groups excluding carboxylic acids is 1. The summed E-state index contributed by atoms with van der Waals surface area (Å²) in [7, 11) is -3.74. The molecule has 1 amide bonds. The standard InChI is InChI=1S/C24H25ClN2O3S/c1-3-22(27(31(2,29)30)21-16-10-15-20(25)17-21)24(28)26-23(18-11-6-4-7-12-18)19-13-8-5-9-14-19/h4-17,22-23H,3H2,1-2H3,(H,26,28)/t22-/m0/s1. The molecule has 0 aliphatic rings. The van der Waals surface area contributed by atoms with E-state index in [1.807, 2.05) is 60.7 Å². The molecule has 3 aromatic rings. The highest BCUT2D eigenvalue weighted by molar-refractivity contribution is 7.92. The van der Waals surface area contributed by atoms with Crippen molar-refractivity contribution in [2.75, 3.05) is 10.6 Å². The van der Waals surface area contributed by atoms with Crippen molar-refractivity contribution in [3.63, 3.8) is 0 Å². The summed E-state index contributed by atoms with van der Waals surface area (Å²) in [5, 5.41) is 3.46. The van der Waals surface area contributed by atoms with Gasteiger partial charge in [0.15, 0.2) is 0 Å². The summed E-state index contributed by atoms with van der Waals surface area (Å²) in [6.45, 7) is 1.78. The summed E-state index contributed by atoms with van der Waals surface area (Å²) in [6, 6.07) is 24.3. The van der Waals surface area contributed by atoms with E-state index >= 15 is 0 Å². The lowest BCUT2D eigenvalue weighted by Gasteiger charge is -2.32. The van der Waals surface area contributed by atoms with Gasteiger partial charge in [-0.1, -0.05) is 85.3 Å². The van der Waals surface area contributed by atoms with Crippen LogP contribution in [0.1, 0.15) is 30.5 Å². The fourth-order valence-corrected chi connectivity index (χ4v) is 4.95. The second-order valence-corrected chi connectivity index (χ2v) is 9.52. The van der Waals surface area contributed by atoms with E-state index in [2.05, 4.69) is 5.32 Å². The molecule has 0 heterocycles. The molecule has 0 aliphatic heterocycles. The highest BCUT2D eigenvalue weighted by atomic mass is 35.5. The van der Waals surface area contributed by atoms with Gasteiger partial charge in [0.1, 0.15) is 6.04 Å². The third-order valence-electron chi connectivity index (χ3n) is 4.94. The molecule has 1 N–H and O–H groups in total. The summed E-state index contributed by atoms with van der Waals surface area (Å²) in [5.74, 6) is -0.384. The normalized spacial score (nSPS) is 12.4. The van der Waals surface area contributed by atoms with Crippen LogP contribution in [0, 0.1) is 0 Å². The fraction of sp³-hybridized carbons (Fsp3) is 0.208. The van der Waals surface area contributed by atoms with Gasteiger partial charge in [-0.3, -0.25) is 9.10 Å². The minimum atomic E-state index is -3.74. The predicted molar refractivity (Wildman–Crippen MR) is 126 cm³/mol. The van der Waals surface area contributed by atoms with Crippen LogP contribution < -0.4 is 9.62 Å². The number of hydrogen-bond acceptors (Lipinski definition) is 3. The second kappa shape index (κ2) is 9.98. The average Bonchev–Trinajstić information content (AvgIpc) is 2.75. The fourth-order valence-electron chi connectivity index (χ4n) is 3.56. The van der Waals surface area contributed by atoms with Crippen LogP contribution in [0.3, 0.4) is 0 Å². The van der Waals surface area contributed by atoms with Gasteiger partial charge in [0.05, 0.1) is 18.0 Å². The second-order valence-electron chi connectivity index (χ2n) is 7.23. The first-order valence-corrected chi connectivity index (χ1v) is 12.2. The van der Waals surface area contributed by atoms with Gasteiger partial charge in [-0.15, -0.1) is 0 Å². The smallest absolute Gasteiger partial charge is 0.244 e. The van der Waals surface area contributed by atoms with Crippen LogP contribution in [0.5, 0.6) is 0 Å². The van der Waals surface area contributed by atoms with E-state index in [4.69, 9.17) is 11.6 Å². The predicted octanol–water partition coefficient (Wildman–Crippen LogP) is 4.79. The lowest BCUT2D eigenvalue weighted by Crippen LogP contribution is -2.50. The first-order chi connectivity index (χ1) is 14.8. The largest absolute Gasteiger partial charge is 0.343 e. The van der Waals surface area contributed by atoms with Crippen LogP contribution >= 0.6 is 11.6 Å². The van der Waals surface area contributed by atoms with Gasteiger partial charge in [-0.25, -0.2) is 8.42 Å². The summed E-state index contributed by atoms with van der Waals surface area (Å²) >= 11 is 6.09. The highest BCUT2D eigenvalue weighted by Crippen LogP contribution is 2.27. The van der Waals surface area contributed by atoms with Gasteiger partial charge in [-0.05, 0) is 35.7 Å². The Morgan fingerprint density at radius 3 is 1.94 bits per heavy atom. The molecule has 3 rings (SSSR count). The number of carbonyl (C=O) groups is 1. The summed E-state index contributed by atoms with van der Waals surface area (Å²) in [5.41, 5.74) is 2.17. The maximum atomic E-state index is 13.4. The Labute approximate surface area is 188 Å². The summed E-state index contributed by atoms with van der Waals surface area (Å²) in [6.07, 6.45) is 1.39. The number of benzene rings is 3. The van der Waals surface area contributed by atoms with Crippen LogP contribution in [-0.2, 0) is 14.8 Å². The van der Waals surface area contributed by atoms with Crippen LogP contribution in [0.2, 0.25) is 5.02 Å². The lowest BCUT2D eigenvalue weighted by atomic mass is 9.98. The zero-order valence-electron chi connectivity index (χ0n) is 17.4. The van der Waals surface area contributed by atoms with Gasteiger partial charge in [-0.2, -0.15) is 0 Å². The minimum Gasteiger partial charge on any atom is -0.343 e. The average molecular weight is 457 g/mol. The van der Waals surface area contributed by atoms with Gasteiger partial charge in [0, 0.05) is 5.02 Å². The number of hydrogen-bond donors (Lipinski definition) is 1. The van der Waals surface area contributed by atoms with Crippen molar-refractivity contribution >= 4 is 33.2 Å². The van der Waals surface area contributed by atoms with Crippen LogP contribution in [0.25, 0.3) is 0 Å². The Kier molecular flexibility index (Phi) is 7.36. The van der Waals surface area contributed by atoms with Crippen molar-refractivity contribution in [2.24, 2.45) is 0 Å². The van der Waals surface area contributed by atoms with E-state index in [0.717, 1.165) is 21.7 Å². The van der Waals surface area contributed by atoms with E-state index in [9.17, 15) is 13.2 Å². The number of halogens is 1. The Hall–Kier alpha value is -2.83. The SMILES string of the molecule is CC[C@@H](C(=O)NC(c1ccccc1)c1ccccc1)N(c1cccc(Cl)c1)S(C)(=O)=O. The lowest BCUT2D eigenvalue weighted by molar-refractivity contribution is -0.122. The number of amides is 1. The van der Waals surface area contributed by atoms with E-state index in [1.165, 1.54) is 0 Å². The van der Waals surface area contributed by atoms with E-state index in [1.54, 1.807) is 31.2 Å². The maximum Gasteiger partial charge on any atom is 0.244 e. The molecular formula is C24H25ClN2O3S. The van der Waals surface area contributed by atoms with Gasteiger partial charge >= 0.3 is 0 Å². The Balaban J connectivity index is 1.99. The molecule has 0 radical (unpaired) electrons. The van der Waals surface area contributed by atoms with Crippen molar-refractivity contribution in [2.45, 2.75) is 25.4 Å². The zero-order chi connectivity index (χ0) is 22.4. The number of rotatable bonds is 8. The van der Waals surface area contributed by atoms with Crippen molar-refractivity contribution in [3.05, 3.63) is 101 Å². The van der Waals surface area contributed by atoms with Gasteiger partial charge < -0.3 is 5.32 Å². The molecule has 0 aliphatic carbocycles. The molecule has 5 nitrogen and oxygen atoms in total. The summed E-state index contributed by atoms with van der Waals surface area (Å²) < 4.78 is 26.5. The summed E-state index contributed by atoms with van der Waals surface area (Å²) in [4.78, 5) is 13.4. The first-order valence-electron chi connectivity index (χ1n) is 9.96. The highest BCUT2D eigenvalue weighted by Gasteiger charge is 2.33. The third kappa shape index (κ3) is 5.66. The van der Waals surface area contributed by atoms with Crippen LogP contribution in [0.4, 0.5) is 5.69 Å². The van der Waals surface area contributed by atoms with E-state index in [-0.39, 0.29) is 5.91 Å². The molecule has 0 bridgehead atoms. The number of sulfonamides is 1. The molecule has 0 saturated carbocycles. The molecule has 0 saturated heterocycles. The minimum absolute atomic E-state index is 0.293. The van der Waals surface area contributed by atoms with E-state index in [0.29, 0.717) is 17.1 Å². The molecule has 0 fully saturated rings. The van der Waals surface area contributed by atoms with Crippen molar-refractivity contribution < 1.29 is 13.2 Å². The molecule has 162 valence electrons. The Morgan fingerprint density at radius 2 is 1.48 bits per heavy atom. The topological polar surface area (TPSA) is 66.5 Å². The van der Waals surface area contributed by atoms with Gasteiger partial charge in [0.25, 0.3) is 0 Å². The van der Waals surface area contributed by atoms with Crippen molar-refractivity contribution in [1.82, 2.24) is 5.32 Å². The molecule has 3 aromatic carbocycles. The number of anilines is 1. The Morgan fingerprint density at radius 1 is 0.935 bits per heavy atom.